The number of thioether (sulfide) groups is 1. The summed E-state index contributed by atoms with van der Waals surface area (Å²) in [5.74, 6) is 1.42. The number of hydrogen-bond donors (Lipinski definition) is 1. The molecule has 0 bridgehead atoms. The summed E-state index contributed by atoms with van der Waals surface area (Å²) in [4.78, 5) is 13.2. The molecule has 22 heavy (non-hydrogen) atoms. The number of anilines is 1. The molecule has 0 saturated carbocycles. The Morgan fingerprint density at radius 1 is 1.09 bits per heavy atom. The summed E-state index contributed by atoms with van der Waals surface area (Å²) >= 11 is 1.71. The molecule has 0 radical (unpaired) electrons. The minimum atomic E-state index is 0.0692. The highest BCUT2D eigenvalue weighted by Gasteiger charge is 2.05. The van der Waals surface area contributed by atoms with E-state index in [0.717, 1.165) is 17.9 Å². The van der Waals surface area contributed by atoms with Gasteiger partial charge in [0.25, 0.3) is 0 Å². The lowest BCUT2D eigenvalue weighted by Gasteiger charge is -2.10. The Morgan fingerprint density at radius 2 is 1.77 bits per heavy atom. The normalized spacial score (nSPS) is 11.9. The highest BCUT2D eigenvalue weighted by Crippen LogP contribution is 2.21. The molecule has 116 valence electrons. The van der Waals surface area contributed by atoms with Crippen LogP contribution in [0, 0.1) is 0 Å². The summed E-state index contributed by atoms with van der Waals surface area (Å²) in [5.41, 5.74) is 2.20. The third-order valence-electron chi connectivity index (χ3n) is 3.72. The van der Waals surface area contributed by atoms with Crippen LogP contribution in [0.25, 0.3) is 0 Å². The van der Waals surface area contributed by atoms with Crippen molar-refractivity contribution in [3.05, 3.63) is 60.2 Å². The number of benzene rings is 2. The quantitative estimate of drug-likeness (QED) is 0.701. The van der Waals surface area contributed by atoms with Crippen molar-refractivity contribution in [2.45, 2.75) is 37.5 Å². The molecule has 1 amide bonds. The maximum Gasteiger partial charge on any atom is 0.225 e. The molecule has 0 aliphatic carbocycles. The summed E-state index contributed by atoms with van der Waals surface area (Å²) in [5, 5.41) is 2.96. The van der Waals surface area contributed by atoms with E-state index in [-0.39, 0.29) is 5.91 Å². The fourth-order valence-electron chi connectivity index (χ4n) is 2.13. The second kappa shape index (κ2) is 8.64. The maximum absolute atomic E-state index is 12.0. The minimum Gasteiger partial charge on any atom is -0.326 e. The Balaban J connectivity index is 1.77. The van der Waals surface area contributed by atoms with E-state index in [1.54, 1.807) is 11.8 Å². The first-order chi connectivity index (χ1) is 10.7. The lowest BCUT2D eigenvalue weighted by molar-refractivity contribution is -0.115. The Bertz CT molecular complexity index is 580. The maximum atomic E-state index is 12.0. The topological polar surface area (TPSA) is 29.1 Å². The first kappa shape index (κ1) is 16.6. The van der Waals surface area contributed by atoms with E-state index in [4.69, 9.17) is 0 Å². The zero-order chi connectivity index (χ0) is 15.8. The van der Waals surface area contributed by atoms with Gasteiger partial charge in [0, 0.05) is 22.8 Å². The largest absolute Gasteiger partial charge is 0.326 e. The molecule has 0 fully saturated rings. The molecule has 2 aromatic rings. The van der Waals surface area contributed by atoms with E-state index in [1.165, 1.54) is 10.5 Å². The molecule has 0 heterocycles. The fourth-order valence-corrected chi connectivity index (χ4v) is 3.01. The molecule has 2 nitrogen and oxygen atoms in total. The van der Waals surface area contributed by atoms with E-state index < -0.39 is 0 Å². The standard InChI is InChI=1S/C19H23NOS/c1-3-15(2)16-9-11-17(12-10-16)20-19(21)13-14-22-18-7-5-4-6-8-18/h4-12,15H,3,13-14H2,1-2H3,(H,20,21)/t15-/m1/s1. The number of amides is 1. The second-order valence-electron chi connectivity index (χ2n) is 5.39. The average molecular weight is 313 g/mol. The Hall–Kier alpha value is -1.74. The molecule has 1 atom stereocenters. The summed E-state index contributed by atoms with van der Waals surface area (Å²) in [6.07, 6.45) is 1.65. The summed E-state index contributed by atoms with van der Waals surface area (Å²) in [6, 6.07) is 18.3. The molecular formula is C19H23NOS. The lowest BCUT2D eigenvalue weighted by atomic mass is 9.99. The predicted octanol–water partition coefficient (Wildman–Crippen LogP) is 5.32. The van der Waals surface area contributed by atoms with Gasteiger partial charge in [0.15, 0.2) is 0 Å². The molecule has 2 rings (SSSR count). The van der Waals surface area contributed by atoms with Gasteiger partial charge in [-0.15, -0.1) is 11.8 Å². The van der Waals surface area contributed by atoms with Crippen LogP contribution < -0.4 is 5.32 Å². The Morgan fingerprint density at radius 3 is 2.41 bits per heavy atom. The first-order valence-corrected chi connectivity index (χ1v) is 8.75. The van der Waals surface area contributed by atoms with Crippen LogP contribution in [-0.2, 0) is 4.79 Å². The Labute approximate surface area is 137 Å². The number of carbonyl (C=O) groups is 1. The monoisotopic (exact) mass is 313 g/mol. The van der Waals surface area contributed by atoms with Crippen LogP contribution in [0.1, 0.15) is 38.2 Å². The zero-order valence-corrected chi connectivity index (χ0v) is 14.0. The SMILES string of the molecule is CC[C@@H](C)c1ccc(NC(=O)CCSc2ccccc2)cc1. The Kier molecular flexibility index (Phi) is 6.53. The van der Waals surface area contributed by atoms with E-state index in [2.05, 4.69) is 43.4 Å². The summed E-state index contributed by atoms with van der Waals surface area (Å²) in [6.45, 7) is 4.40. The van der Waals surface area contributed by atoms with E-state index in [0.29, 0.717) is 12.3 Å². The molecule has 2 aromatic carbocycles. The van der Waals surface area contributed by atoms with Crippen molar-refractivity contribution in [3.63, 3.8) is 0 Å². The van der Waals surface area contributed by atoms with Crippen molar-refractivity contribution in [2.24, 2.45) is 0 Å². The van der Waals surface area contributed by atoms with Crippen molar-refractivity contribution in [2.75, 3.05) is 11.1 Å². The van der Waals surface area contributed by atoms with Crippen LogP contribution in [0.5, 0.6) is 0 Å². The van der Waals surface area contributed by atoms with Gasteiger partial charge in [-0.05, 0) is 42.2 Å². The molecular weight excluding hydrogens is 290 g/mol. The molecule has 0 unspecified atom stereocenters. The molecule has 0 aliphatic heterocycles. The van der Waals surface area contributed by atoms with Gasteiger partial charge in [-0.1, -0.05) is 44.2 Å². The number of rotatable bonds is 7. The van der Waals surface area contributed by atoms with E-state index in [1.807, 2.05) is 30.3 Å². The van der Waals surface area contributed by atoms with Gasteiger partial charge in [-0.3, -0.25) is 4.79 Å². The van der Waals surface area contributed by atoms with Crippen LogP contribution in [-0.4, -0.2) is 11.7 Å². The first-order valence-electron chi connectivity index (χ1n) is 7.76. The van der Waals surface area contributed by atoms with E-state index >= 15 is 0 Å². The molecule has 0 aliphatic rings. The molecule has 3 heteroatoms. The smallest absolute Gasteiger partial charge is 0.225 e. The van der Waals surface area contributed by atoms with Gasteiger partial charge in [0.1, 0.15) is 0 Å². The van der Waals surface area contributed by atoms with Crippen LogP contribution >= 0.6 is 11.8 Å². The number of nitrogens with one attached hydrogen (secondary N) is 1. The van der Waals surface area contributed by atoms with Crippen molar-refractivity contribution < 1.29 is 4.79 Å². The molecule has 0 spiro atoms. The zero-order valence-electron chi connectivity index (χ0n) is 13.2. The van der Waals surface area contributed by atoms with Crippen molar-refractivity contribution in [1.29, 1.82) is 0 Å². The van der Waals surface area contributed by atoms with Crippen LogP contribution in [0.4, 0.5) is 5.69 Å². The van der Waals surface area contributed by atoms with E-state index in [9.17, 15) is 4.79 Å². The van der Waals surface area contributed by atoms with Gasteiger partial charge >= 0.3 is 0 Å². The minimum absolute atomic E-state index is 0.0692. The summed E-state index contributed by atoms with van der Waals surface area (Å²) in [7, 11) is 0. The third kappa shape index (κ3) is 5.23. The molecule has 1 N–H and O–H groups in total. The van der Waals surface area contributed by atoms with Gasteiger partial charge in [-0.25, -0.2) is 0 Å². The highest BCUT2D eigenvalue weighted by atomic mass is 32.2. The van der Waals surface area contributed by atoms with Crippen molar-refractivity contribution >= 4 is 23.4 Å². The van der Waals surface area contributed by atoms with Gasteiger partial charge in [0.2, 0.25) is 5.91 Å². The highest BCUT2D eigenvalue weighted by molar-refractivity contribution is 7.99. The van der Waals surface area contributed by atoms with Crippen molar-refractivity contribution in [3.8, 4) is 0 Å². The molecule has 0 saturated heterocycles. The fraction of sp³-hybridized carbons (Fsp3) is 0.316. The van der Waals surface area contributed by atoms with Gasteiger partial charge < -0.3 is 5.32 Å². The third-order valence-corrected chi connectivity index (χ3v) is 4.73. The summed E-state index contributed by atoms with van der Waals surface area (Å²) < 4.78 is 0. The average Bonchev–Trinajstić information content (AvgIpc) is 2.56. The van der Waals surface area contributed by atoms with Crippen LogP contribution in [0.3, 0.4) is 0 Å². The number of hydrogen-bond acceptors (Lipinski definition) is 2. The predicted molar refractivity (Wildman–Crippen MR) is 95.6 cm³/mol. The van der Waals surface area contributed by atoms with Gasteiger partial charge in [0.05, 0.1) is 0 Å². The van der Waals surface area contributed by atoms with Crippen molar-refractivity contribution in [1.82, 2.24) is 0 Å². The van der Waals surface area contributed by atoms with Gasteiger partial charge in [-0.2, -0.15) is 0 Å². The number of carbonyl (C=O) groups excluding carboxylic acids is 1. The van der Waals surface area contributed by atoms with Crippen LogP contribution in [0.15, 0.2) is 59.5 Å². The lowest BCUT2D eigenvalue weighted by Crippen LogP contribution is -2.12. The van der Waals surface area contributed by atoms with Crippen LogP contribution in [0.2, 0.25) is 0 Å². The second-order valence-corrected chi connectivity index (χ2v) is 6.56. The molecule has 0 aromatic heterocycles.